The van der Waals surface area contributed by atoms with Gasteiger partial charge in [0, 0.05) is 26.1 Å². The van der Waals surface area contributed by atoms with Crippen LogP contribution in [0.25, 0.3) is 0 Å². The molecule has 1 aliphatic rings. The van der Waals surface area contributed by atoms with E-state index >= 15 is 0 Å². The van der Waals surface area contributed by atoms with Gasteiger partial charge in [0.1, 0.15) is 18.4 Å². The first-order chi connectivity index (χ1) is 14.5. The van der Waals surface area contributed by atoms with Gasteiger partial charge in [0.25, 0.3) is 0 Å². The lowest BCUT2D eigenvalue weighted by Gasteiger charge is -2.35. The predicted octanol–water partition coefficient (Wildman–Crippen LogP) is 2.15. The zero-order valence-corrected chi connectivity index (χ0v) is 16.7. The largest absolute Gasteiger partial charge is 0.494 e. The number of piperazine rings is 1. The highest BCUT2D eigenvalue weighted by Gasteiger charge is 2.29. The van der Waals surface area contributed by atoms with Gasteiger partial charge in [-0.1, -0.05) is 42.5 Å². The fraction of sp³-hybridized carbons (Fsp3) is 0.364. The molecule has 0 saturated carbocycles. The third kappa shape index (κ3) is 5.95. The summed E-state index contributed by atoms with van der Waals surface area (Å²) < 4.78 is 11.1. The molecule has 1 heterocycles. The number of carboxylic acid groups (broad SMARTS) is 1. The van der Waals surface area contributed by atoms with Gasteiger partial charge in [-0.2, -0.15) is 0 Å². The van der Waals surface area contributed by atoms with Crippen LogP contribution in [0.5, 0.6) is 5.75 Å². The van der Waals surface area contributed by atoms with Gasteiger partial charge in [0.15, 0.2) is 0 Å². The Labute approximate surface area is 175 Å². The summed E-state index contributed by atoms with van der Waals surface area (Å²) in [5, 5.41) is 12.1. The van der Waals surface area contributed by atoms with Crippen LogP contribution in [-0.4, -0.2) is 54.4 Å². The Kier molecular flexibility index (Phi) is 7.64. The van der Waals surface area contributed by atoms with Crippen molar-refractivity contribution in [2.45, 2.75) is 25.1 Å². The molecule has 0 radical (unpaired) electrons. The van der Waals surface area contributed by atoms with Crippen molar-refractivity contribution in [3.63, 3.8) is 0 Å². The van der Waals surface area contributed by atoms with Gasteiger partial charge >= 0.3 is 12.1 Å². The second-order valence-electron chi connectivity index (χ2n) is 7.10. The Morgan fingerprint density at radius 3 is 2.60 bits per heavy atom. The number of aliphatic carboxylic acids is 1. The maximum Gasteiger partial charge on any atom is 0.410 e. The molecule has 4 N–H and O–H groups in total. The first-order valence-corrected chi connectivity index (χ1v) is 9.94. The Hall–Kier alpha value is -3.10. The van der Waals surface area contributed by atoms with Crippen LogP contribution in [0.15, 0.2) is 54.6 Å². The summed E-state index contributed by atoms with van der Waals surface area (Å²) in [6.45, 7) is 2.36. The molecular weight excluding hydrogens is 386 g/mol. The predicted molar refractivity (Wildman–Crippen MR) is 111 cm³/mol. The number of nitrogens with one attached hydrogen (secondary N) is 1. The van der Waals surface area contributed by atoms with Gasteiger partial charge in [-0.05, 0) is 23.3 Å². The fourth-order valence-corrected chi connectivity index (χ4v) is 3.24. The standard InChI is InChI=1S/C22H27N3O5/c23-19(21(26)27)10-13-29-18-8-6-17(7-9-18)20-14-24-11-12-25(20)22(28)30-15-16-4-2-1-3-5-16/h1-9,19-20,24H,10-15,23H2,(H,26,27)/t19-,20?/m0/s1. The smallest absolute Gasteiger partial charge is 0.410 e. The maximum atomic E-state index is 12.7. The van der Waals surface area contributed by atoms with Crippen molar-refractivity contribution in [3.05, 3.63) is 65.7 Å². The normalized spacial score (nSPS) is 17.2. The molecule has 1 fully saturated rings. The third-order valence-corrected chi connectivity index (χ3v) is 4.96. The monoisotopic (exact) mass is 413 g/mol. The van der Waals surface area contributed by atoms with Crippen LogP contribution in [0, 0.1) is 0 Å². The third-order valence-electron chi connectivity index (χ3n) is 4.96. The number of benzene rings is 2. The van der Waals surface area contributed by atoms with Crippen LogP contribution >= 0.6 is 0 Å². The second-order valence-corrected chi connectivity index (χ2v) is 7.10. The van der Waals surface area contributed by atoms with Crippen LogP contribution in [0.3, 0.4) is 0 Å². The minimum atomic E-state index is -1.04. The number of ether oxygens (including phenoxy) is 2. The van der Waals surface area contributed by atoms with E-state index in [4.69, 9.17) is 20.3 Å². The molecule has 8 heteroatoms. The summed E-state index contributed by atoms with van der Waals surface area (Å²) in [6, 6.07) is 15.9. The number of carbonyl (C=O) groups excluding carboxylic acids is 1. The molecule has 2 aromatic rings. The van der Waals surface area contributed by atoms with Crippen molar-refractivity contribution in [1.29, 1.82) is 0 Å². The van der Waals surface area contributed by atoms with Crippen molar-refractivity contribution in [1.82, 2.24) is 10.2 Å². The lowest BCUT2D eigenvalue weighted by Crippen LogP contribution is -2.48. The number of nitrogens with zero attached hydrogens (tertiary/aromatic N) is 1. The highest BCUT2D eigenvalue weighted by atomic mass is 16.6. The SMILES string of the molecule is N[C@@H](CCOc1ccc(C2CNCCN2C(=O)OCc2ccccc2)cc1)C(=O)O. The van der Waals surface area contributed by atoms with Gasteiger partial charge in [0.05, 0.1) is 12.6 Å². The van der Waals surface area contributed by atoms with E-state index < -0.39 is 12.0 Å². The lowest BCUT2D eigenvalue weighted by atomic mass is 10.0. The molecule has 2 aromatic carbocycles. The molecule has 0 bridgehead atoms. The maximum absolute atomic E-state index is 12.7. The molecule has 2 atom stereocenters. The minimum Gasteiger partial charge on any atom is -0.494 e. The van der Waals surface area contributed by atoms with E-state index in [9.17, 15) is 9.59 Å². The Morgan fingerprint density at radius 1 is 1.17 bits per heavy atom. The molecule has 0 aromatic heterocycles. The Balaban J connectivity index is 1.57. The average molecular weight is 413 g/mol. The van der Waals surface area contributed by atoms with Gasteiger partial charge in [-0.25, -0.2) is 4.79 Å². The van der Waals surface area contributed by atoms with Gasteiger partial charge < -0.3 is 25.6 Å². The van der Waals surface area contributed by atoms with E-state index in [0.717, 1.165) is 11.1 Å². The zero-order chi connectivity index (χ0) is 21.3. The molecular formula is C22H27N3O5. The molecule has 1 aliphatic heterocycles. The quantitative estimate of drug-likeness (QED) is 0.607. The molecule has 30 heavy (non-hydrogen) atoms. The topological polar surface area (TPSA) is 114 Å². The average Bonchev–Trinajstić information content (AvgIpc) is 2.78. The van der Waals surface area contributed by atoms with Crippen LogP contribution in [0.2, 0.25) is 0 Å². The number of amides is 1. The number of nitrogens with two attached hydrogens (primary N) is 1. The highest BCUT2D eigenvalue weighted by molar-refractivity contribution is 5.73. The van der Waals surface area contributed by atoms with Crippen LogP contribution in [0.1, 0.15) is 23.6 Å². The summed E-state index contributed by atoms with van der Waals surface area (Å²) in [6.07, 6.45) is -0.113. The fourth-order valence-electron chi connectivity index (χ4n) is 3.24. The molecule has 0 aliphatic carbocycles. The molecule has 1 saturated heterocycles. The van der Waals surface area contributed by atoms with E-state index in [-0.39, 0.29) is 31.8 Å². The van der Waals surface area contributed by atoms with E-state index in [0.29, 0.717) is 25.4 Å². The van der Waals surface area contributed by atoms with Crippen LogP contribution < -0.4 is 15.8 Å². The van der Waals surface area contributed by atoms with E-state index in [1.807, 2.05) is 54.6 Å². The first kappa shape index (κ1) is 21.6. The van der Waals surface area contributed by atoms with E-state index in [1.54, 1.807) is 4.90 Å². The Bertz CT molecular complexity index is 828. The summed E-state index contributed by atoms with van der Waals surface area (Å²) in [5.41, 5.74) is 7.38. The van der Waals surface area contributed by atoms with Crippen molar-refractivity contribution in [2.24, 2.45) is 5.73 Å². The summed E-state index contributed by atoms with van der Waals surface area (Å²) in [7, 11) is 0. The van der Waals surface area contributed by atoms with Gasteiger partial charge in [0.2, 0.25) is 0 Å². The van der Waals surface area contributed by atoms with E-state index in [2.05, 4.69) is 5.32 Å². The van der Waals surface area contributed by atoms with Gasteiger partial charge in [-0.15, -0.1) is 0 Å². The number of rotatable bonds is 8. The summed E-state index contributed by atoms with van der Waals surface area (Å²) >= 11 is 0. The Morgan fingerprint density at radius 2 is 1.90 bits per heavy atom. The van der Waals surface area contributed by atoms with Crippen molar-refractivity contribution in [3.8, 4) is 5.75 Å². The van der Waals surface area contributed by atoms with Crippen molar-refractivity contribution < 1.29 is 24.2 Å². The van der Waals surface area contributed by atoms with Crippen molar-refractivity contribution in [2.75, 3.05) is 26.2 Å². The molecule has 0 spiro atoms. The molecule has 1 unspecified atom stereocenters. The van der Waals surface area contributed by atoms with Gasteiger partial charge in [-0.3, -0.25) is 9.69 Å². The first-order valence-electron chi connectivity index (χ1n) is 9.94. The number of hydrogen-bond acceptors (Lipinski definition) is 6. The number of carbonyl (C=O) groups is 2. The highest BCUT2D eigenvalue weighted by Crippen LogP contribution is 2.25. The second kappa shape index (κ2) is 10.6. The number of hydrogen-bond donors (Lipinski definition) is 3. The molecule has 160 valence electrons. The van der Waals surface area contributed by atoms with E-state index in [1.165, 1.54) is 0 Å². The van der Waals surface area contributed by atoms with Crippen molar-refractivity contribution >= 4 is 12.1 Å². The zero-order valence-electron chi connectivity index (χ0n) is 16.7. The lowest BCUT2D eigenvalue weighted by molar-refractivity contribution is -0.138. The van der Waals surface area contributed by atoms with Crippen LogP contribution in [0.4, 0.5) is 4.79 Å². The minimum absolute atomic E-state index is 0.142. The molecule has 1 amide bonds. The number of carboxylic acids is 1. The van der Waals surface area contributed by atoms with Crippen LogP contribution in [-0.2, 0) is 16.1 Å². The molecule has 3 rings (SSSR count). The molecule has 8 nitrogen and oxygen atoms in total. The summed E-state index contributed by atoms with van der Waals surface area (Å²) in [4.78, 5) is 25.2. The summed E-state index contributed by atoms with van der Waals surface area (Å²) in [5.74, 6) is -0.420.